The van der Waals surface area contributed by atoms with Crippen molar-refractivity contribution in [2.24, 2.45) is 0 Å². The topological polar surface area (TPSA) is 52.6 Å². The second kappa shape index (κ2) is 8.33. The minimum absolute atomic E-state index is 0.389. The van der Waals surface area contributed by atoms with Crippen LogP contribution in [0.2, 0.25) is 0 Å². The molecule has 0 N–H and O–H groups in total. The van der Waals surface area contributed by atoms with Gasteiger partial charge in [0.05, 0.1) is 21.7 Å². The molecule has 1 aliphatic rings. The second-order valence-corrected chi connectivity index (χ2v) is 11.4. The van der Waals surface area contributed by atoms with Crippen molar-refractivity contribution >= 4 is 0 Å². The quantitative estimate of drug-likeness (QED) is 0.287. The first-order valence-electron chi connectivity index (χ1n) is 13.5. The van der Waals surface area contributed by atoms with Gasteiger partial charge in [-0.05, 0) is 102 Å². The van der Waals surface area contributed by atoms with Gasteiger partial charge in [-0.1, -0.05) is 27.7 Å². The molecule has 4 heteroatoms. The fourth-order valence-corrected chi connectivity index (χ4v) is 5.60. The van der Waals surface area contributed by atoms with Crippen LogP contribution in [-0.2, 0) is 21.7 Å². The molecule has 1 aliphatic heterocycles. The van der Waals surface area contributed by atoms with Crippen molar-refractivity contribution in [2.45, 2.75) is 103 Å². The molecule has 0 aromatic carbocycles. The summed E-state index contributed by atoms with van der Waals surface area (Å²) in [7, 11) is 0. The van der Waals surface area contributed by atoms with E-state index in [4.69, 9.17) is 17.7 Å². The summed E-state index contributed by atoms with van der Waals surface area (Å²) in [5.41, 5.74) is -1.55. The third kappa shape index (κ3) is 3.26. The molecule has 0 amide bonds. The van der Waals surface area contributed by atoms with Gasteiger partial charge in [0.2, 0.25) is 0 Å². The van der Waals surface area contributed by atoms with Gasteiger partial charge in [0.25, 0.3) is 0 Å². The van der Waals surface area contributed by atoms with Crippen LogP contribution in [0.25, 0.3) is 0 Å². The first-order valence-corrected chi connectivity index (χ1v) is 13.5. The van der Waals surface area contributed by atoms with E-state index in [1.165, 1.54) is 0 Å². The van der Waals surface area contributed by atoms with Crippen molar-refractivity contribution in [3.8, 4) is 0 Å². The van der Waals surface area contributed by atoms with Crippen LogP contribution in [0.3, 0.4) is 0 Å². The zero-order valence-corrected chi connectivity index (χ0v) is 23.1. The number of fused-ring (bicyclic) bond motifs is 8. The molecule has 0 saturated heterocycles. The monoisotopic (exact) mass is 488 g/mol. The summed E-state index contributed by atoms with van der Waals surface area (Å²) in [6.07, 6.45) is 3.40. The van der Waals surface area contributed by atoms with Crippen LogP contribution in [0.15, 0.2) is 66.2 Å². The fraction of sp³-hybridized carbons (Fsp3) is 0.500. The van der Waals surface area contributed by atoms with Crippen LogP contribution >= 0.6 is 0 Å². The SMILES string of the molecule is CCC1(C)c2ccc(o2)C(C)(CC)c2ccc(o2)C(C)(CC)c2ccc(o2)C(C)(CC)c2ccc1o2. The molecule has 4 nitrogen and oxygen atoms in total. The average molecular weight is 489 g/mol. The minimum atomic E-state index is -0.389. The van der Waals surface area contributed by atoms with E-state index in [9.17, 15) is 0 Å². The first kappa shape index (κ1) is 24.8. The van der Waals surface area contributed by atoms with E-state index >= 15 is 0 Å². The number of rotatable bonds is 4. The number of hydrogen-bond acceptors (Lipinski definition) is 4. The van der Waals surface area contributed by atoms with Gasteiger partial charge in [-0.3, -0.25) is 0 Å². The Morgan fingerprint density at radius 3 is 0.611 bits per heavy atom. The molecule has 0 radical (unpaired) electrons. The molecule has 0 spiro atoms. The normalized spacial score (nSPS) is 30.0. The third-order valence-corrected chi connectivity index (χ3v) is 9.60. The molecule has 36 heavy (non-hydrogen) atoms. The fourth-order valence-electron chi connectivity index (χ4n) is 5.60. The number of hydrogen-bond donors (Lipinski definition) is 0. The van der Waals surface area contributed by atoms with Gasteiger partial charge in [0, 0.05) is 0 Å². The minimum Gasteiger partial charge on any atom is -0.464 e. The van der Waals surface area contributed by atoms with Crippen molar-refractivity contribution in [3.05, 3.63) is 94.6 Å². The zero-order valence-electron chi connectivity index (χ0n) is 23.1. The van der Waals surface area contributed by atoms with Crippen molar-refractivity contribution < 1.29 is 17.7 Å². The second-order valence-electron chi connectivity index (χ2n) is 11.4. The third-order valence-electron chi connectivity index (χ3n) is 9.60. The van der Waals surface area contributed by atoms with E-state index in [2.05, 4.69) is 104 Å². The molecule has 192 valence electrons. The van der Waals surface area contributed by atoms with Crippen LogP contribution in [0.4, 0.5) is 0 Å². The molecular formula is C32H40O4. The Bertz CT molecular complexity index is 1070. The highest BCUT2D eigenvalue weighted by molar-refractivity contribution is 5.39. The van der Waals surface area contributed by atoms with Crippen molar-refractivity contribution in [1.82, 2.24) is 0 Å². The van der Waals surface area contributed by atoms with Crippen molar-refractivity contribution in [3.63, 3.8) is 0 Å². The van der Waals surface area contributed by atoms with E-state index in [1.807, 2.05) is 0 Å². The Hall–Kier alpha value is -2.88. The van der Waals surface area contributed by atoms with Crippen LogP contribution in [0.5, 0.6) is 0 Å². The maximum atomic E-state index is 6.67. The smallest absolute Gasteiger partial charge is 0.117 e. The summed E-state index contributed by atoms with van der Waals surface area (Å²) < 4.78 is 26.7. The van der Waals surface area contributed by atoms with Crippen LogP contribution < -0.4 is 0 Å². The molecule has 4 aromatic heterocycles. The van der Waals surface area contributed by atoms with Gasteiger partial charge in [-0.25, -0.2) is 0 Å². The summed E-state index contributed by atoms with van der Waals surface area (Å²) >= 11 is 0. The Morgan fingerprint density at radius 2 is 0.500 bits per heavy atom. The highest BCUT2D eigenvalue weighted by atomic mass is 16.4. The lowest BCUT2D eigenvalue weighted by Gasteiger charge is -2.29. The Balaban J connectivity index is 1.80. The molecular weight excluding hydrogens is 448 g/mol. The van der Waals surface area contributed by atoms with Crippen molar-refractivity contribution in [2.75, 3.05) is 0 Å². The predicted octanol–water partition coefficient (Wildman–Crippen LogP) is 9.24. The first-order chi connectivity index (χ1) is 17.1. The van der Waals surface area contributed by atoms with Gasteiger partial charge in [-0.2, -0.15) is 0 Å². The number of furan rings is 4. The predicted molar refractivity (Wildman–Crippen MR) is 142 cm³/mol. The highest BCUT2D eigenvalue weighted by Gasteiger charge is 2.43. The molecule has 0 aliphatic carbocycles. The van der Waals surface area contributed by atoms with Crippen molar-refractivity contribution in [1.29, 1.82) is 0 Å². The van der Waals surface area contributed by atoms with E-state index in [1.54, 1.807) is 0 Å². The average Bonchev–Trinajstić information content (AvgIpc) is 3.72. The van der Waals surface area contributed by atoms with Crippen LogP contribution in [0.1, 0.15) is 127 Å². The maximum absolute atomic E-state index is 6.67. The molecule has 0 atom stereocenters. The molecule has 0 fully saturated rings. The van der Waals surface area contributed by atoms with Gasteiger partial charge in [-0.15, -0.1) is 0 Å². The molecule has 5 rings (SSSR count). The van der Waals surface area contributed by atoms with Crippen LogP contribution in [-0.4, -0.2) is 0 Å². The zero-order chi connectivity index (χ0) is 25.9. The maximum Gasteiger partial charge on any atom is 0.117 e. The summed E-state index contributed by atoms with van der Waals surface area (Å²) in [4.78, 5) is 0. The van der Waals surface area contributed by atoms with E-state index < -0.39 is 0 Å². The largest absolute Gasteiger partial charge is 0.464 e. The highest BCUT2D eigenvalue weighted by Crippen LogP contribution is 2.47. The van der Waals surface area contributed by atoms with E-state index in [0.29, 0.717) is 0 Å². The van der Waals surface area contributed by atoms with Gasteiger partial charge >= 0.3 is 0 Å². The summed E-state index contributed by atoms with van der Waals surface area (Å²) in [5, 5.41) is 0. The molecule has 0 saturated carbocycles. The Kier molecular flexibility index (Phi) is 5.74. The summed E-state index contributed by atoms with van der Waals surface area (Å²) in [5.74, 6) is 7.31. The van der Waals surface area contributed by atoms with Gasteiger partial charge < -0.3 is 17.7 Å². The molecule has 8 bridgehead atoms. The summed E-state index contributed by atoms with van der Waals surface area (Å²) in [6, 6.07) is 16.9. The van der Waals surface area contributed by atoms with E-state index in [0.717, 1.165) is 71.8 Å². The Labute approximate surface area is 215 Å². The van der Waals surface area contributed by atoms with Gasteiger partial charge in [0.1, 0.15) is 46.1 Å². The molecule has 4 aromatic rings. The summed E-state index contributed by atoms with van der Waals surface area (Å²) in [6.45, 7) is 17.6. The Morgan fingerprint density at radius 1 is 0.361 bits per heavy atom. The van der Waals surface area contributed by atoms with Gasteiger partial charge in [0.15, 0.2) is 0 Å². The van der Waals surface area contributed by atoms with E-state index in [-0.39, 0.29) is 21.7 Å². The lowest BCUT2D eigenvalue weighted by molar-refractivity contribution is 0.247. The standard InChI is InChI=1S/C32H40O4/c1-9-29(5)21-13-15-23(33-21)30(6,10-2)25-17-19-27(35-25)32(8,12-4)28-20-18-26(36-28)31(7,11-3)24-16-14-22(29)34-24/h13-20H,9-12H2,1-8H3. The lowest BCUT2D eigenvalue weighted by atomic mass is 9.82. The molecule has 5 heterocycles. The molecule has 0 unspecified atom stereocenters. The van der Waals surface area contributed by atoms with Crippen LogP contribution in [0, 0.1) is 0 Å². The lowest BCUT2D eigenvalue weighted by Crippen LogP contribution is -2.25.